The summed E-state index contributed by atoms with van der Waals surface area (Å²) in [7, 11) is 0. The summed E-state index contributed by atoms with van der Waals surface area (Å²) in [6.07, 6.45) is 5.43. The summed E-state index contributed by atoms with van der Waals surface area (Å²) in [5, 5.41) is 15.0. The number of rotatable bonds is 7. The van der Waals surface area contributed by atoms with Gasteiger partial charge in [0.2, 0.25) is 5.91 Å². The van der Waals surface area contributed by atoms with Crippen molar-refractivity contribution in [2.75, 3.05) is 11.9 Å². The Morgan fingerprint density at radius 2 is 1.83 bits per heavy atom. The highest BCUT2D eigenvalue weighted by Crippen LogP contribution is 2.40. The van der Waals surface area contributed by atoms with Crippen molar-refractivity contribution in [3.05, 3.63) is 95.6 Å². The Bertz CT molecular complexity index is 1370. The van der Waals surface area contributed by atoms with E-state index >= 15 is 0 Å². The minimum atomic E-state index is -0.159. The van der Waals surface area contributed by atoms with Crippen molar-refractivity contribution in [1.29, 1.82) is 0 Å². The zero-order chi connectivity index (χ0) is 25.2. The molecule has 5 rings (SSSR count). The van der Waals surface area contributed by atoms with Gasteiger partial charge in [-0.2, -0.15) is 0 Å². The normalized spacial score (nSPS) is 17.3. The number of carbonyl (C=O) groups excluding carboxylic acids is 1. The molecular weight excluding hydrogens is 472 g/mol. The maximum absolute atomic E-state index is 12.8. The van der Waals surface area contributed by atoms with E-state index < -0.39 is 0 Å². The molecule has 2 N–H and O–H groups in total. The fraction of sp³-hybridized carbons (Fsp3) is 0.269. The summed E-state index contributed by atoms with van der Waals surface area (Å²) >= 11 is 5.78. The zero-order valence-corrected chi connectivity index (χ0v) is 21.2. The third-order valence-corrected chi connectivity index (χ3v) is 6.86. The first kappa shape index (κ1) is 23.7. The van der Waals surface area contributed by atoms with Gasteiger partial charge in [-0.05, 0) is 63.3 Å². The predicted molar refractivity (Wildman–Crippen MR) is 141 cm³/mol. The van der Waals surface area contributed by atoms with Crippen molar-refractivity contribution in [1.82, 2.24) is 34.8 Å². The van der Waals surface area contributed by atoms with Gasteiger partial charge >= 0.3 is 0 Å². The number of aryl methyl sites for hydroxylation is 2. The van der Waals surface area contributed by atoms with Crippen LogP contribution >= 0.6 is 12.2 Å². The summed E-state index contributed by atoms with van der Waals surface area (Å²) in [4.78, 5) is 19.5. The largest absolute Gasteiger partial charge is 0.352 e. The van der Waals surface area contributed by atoms with Crippen LogP contribution in [-0.2, 0) is 4.79 Å². The number of aromatic nitrogens is 5. The highest BCUT2D eigenvalue weighted by Gasteiger charge is 2.41. The fourth-order valence-corrected chi connectivity index (χ4v) is 5.13. The first-order valence-electron chi connectivity index (χ1n) is 11.8. The molecule has 2 atom stereocenters. The van der Waals surface area contributed by atoms with Crippen LogP contribution in [0.4, 0.5) is 5.69 Å². The highest BCUT2D eigenvalue weighted by atomic mass is 32.1. The molecule has 1 aliphatic rings. The van der Waals surface area contributed by atoms with Gasteiger partial charge in [-0.25, -0.2) is 4.68 Å². The van der Waals surface area contributed by atoms with Crippen LogP contribution in [0.25, 0.3) is 0 Å². The van der Waals surface area contributed by atoms with E-state index in [-0.39, 0.29) is 18.0 Å². The molecule has 4 aromatic rings. The second kappa shape index (κ2) is 9.90. The summed E-state index contributed by atoms with van der Waals surface area (Å²) in [5.41, 5.74) is 6.01. The molecule has 36 heavy (non-hydrogen) atoms. The van der Waals surface area contributed by atoms with Crippen molar-refractivity contribution in [2.24, 2.45) is 0 Å². The number of thiocarbonyl (C=S) groups is 1. The summed E-state index contributed by atoms with van der Waals surface area (Å²) in [6, 6.07) is 15.5. The van der Waals surface area contributed by atoms with E-state index in [0.717, 1.165) is 33.9 Å². The van der Waals surface area contributed by atoms with Crippen molar-refractivity contribution in [2.45, 2.75) is 39.3 Å². The lowest BCUT2D eigenvalue weighted by atomic mass is 9.96. The SMILES string of the molecule is Cc1ccc(NC(=O)CCN2C(=S)N[C@H](c3ccccn3)[C@H]2c2cc(C)n(-n3cnnc3)c2C)cc1. The van der Waals surface area contributed by atoms with E-state index in [1.807, 2.05) is 61.0 Å². The molecule has 1 saturated heterocycles. The highest BCUT2D eigenvalue weighted by molar-refractivity contribution is 7.80. The number of nitrogens with one attached hydrogen (secondary N) is 2. The van der Waals surface area contributed by atoms with Crippen LogP contribution in [-0.4, -0.2) is 47.0 Å². The predicted octanol–water partition coefficient (Wildman–Crippen LogP) is 3.71. The van der Waals surface area contributed by atoms with Crippen LogP contribution in [0.1, 0.15) is 46.7 Å². The number of carbonyl (C=O) groups is 1. The second-order valence-corrected chi connectivity index (χ2v) is 9.35. The first-order valence-corrected chi connectivity index (χ1v) is 12.2. The van der Waals surface area contributed by atoms with Gasteiger partial charge in [-0.1, -0.05) is 23.8 Å². The minimum Gasteiger partial charge on any atom is -0.352 e. The van der Waals surface area contributed by atoms with Crippen LogP contribution in [0.15, 0.2) is 67.4 Å². The average Bonchev–Trinajstić information content (AvgIpc) is 3.58. The van der Waals surface area contributed by atoms with Crippen LogP contribution in [0.5, 0.6) is 0 Å². The van der Waals surface area contributed by atoms with Gasteiger partial charge < -0.3 is 15.5 Å². The Morgan fingerprint density at radius 3 is 2.53 bits per heavy atom. The van der Waals surface area contributed by atoms with E-state index in [1.54, 1.807) is 18.9 Å². The smallest absolute Gasteiger partial charge is 0.226 e. The number of pyridine rings is 1. The summed E-state index contributed by atoms with van der Waals surface area (Å²) in [5.74, 6) is -0.0587. The topological polar surface area (TPSA) is 92.9 Å². The van der Waals surface area contributed by atoms with E-state index in [4.69, 9.17) is 12.2 Å². The lowest BCUT2D eigenvalue weighted by molar-refractivity contribution is -0.116. The number of nitrogens with zero attached hydrogens (tertiary/aromatic N) is 6. The Balaban J connectivity index is 1.44. The van der Waals surface area contributed by atoms with Gasteiger partial charge in [0.25, 0.3) is 0 Å². The van der Waals surface area contributed by atoms with Gasteiger partial charge in [-0.3, -0.25) is 14.5 Å². The fourth-order valence-electron chi connectivity index (χ4n) is 4.80. The molecule has 184 valence electrons. The van der Waals surface area contributed by atoms with Crippen molar-refractivity contribution < 1.29 is 4.79 Å². The lowest BCUT2D eigenvalue weighted by Crippen LogP contribution is -2.33. The molecule has 0 aliphatic carbocycles. The van der Waals surface area contributed by atoms with Crippen LogP contribution in [0.2, 0.25) is 0 Å². The van der Waals surface area contributed by atoms with E-state index in [1.165, 1.54) is 0 Å². The minimum absolute atomic E-state index is 0.0587. The molecule has 1 aromatic carbocycles. The molecule has 1 amide bonds. The molecule has 0 spiro atoms. The average molecular weight is 501 g/mol. The number of hydrogen-bond donors (Lipinski definition) is 2. The third kappa shape index (κ3) is 4.59. The Morgan fingerprint density at radius 1 is 1.08 bits per heavy atom. The first-order chi connectivity index (χ1) is 17.4. The molecule has 0 bridgehead atoms. The Kier molecular flexibility index (Phi) is 6.51. The van der Waals surface area contributed by atoms with E-state index in [9.17, 15) is 4.79 Å². The molecule has 3 aromatic heterocycles. The van der Waals surface area contributed by atoms with Crippen molar-refractivity contribution >= 4 is 28.9 Å². The number of amides is 1. The second-order valence-electron chi connectivity index (χ2n) is 8.96. The lowest BCUT2D eigenvalue weighted by Gasteiger charge is -2.28. The zero-order valence-electron chi connectivity index (χ0n) is 20.4. The molecule has 10 heteroatoms. The molecule has 9 nitrogen and oxygen atoms in total. The molecule has 1 fully saturated rings. The molecule has 0 saturated carbocycles. The van der Waals surface area contributed by atoms with Gasteiger partial charge in [-0.15, -0.1) is 10.2 Å². The van der Waals surface area contributed by atoms with Gasteiger partial charge in [0.15, 0.2) is 5.11 Å². The monoisotopic (exact) mass is 500 g/mol. The van der Waals surface area contributed by atoms with Crippen LogP contribution in [0, 0.1) is 20.8 Å². The number of anilines is 1. The molecular formula is C26H28N8OS. The van der Waals surface area contributed by atoms with E-state index in [2.05, 4.69) is 48.4 Å². The maximum atomic E-state index is 12.8. The molecule has 0 radical (unpaired) electrons. The summed E-state index contributed by atoms with van der Waals surface area (Å²) in [6.45, 7) is 6.60. The van der Waals surface area contributed by atoms with Gasteiger partial charge in [0.05, 0.1) is 17.8 Å². The van der Waals surface area contributed by atoms with E-state index in [0.29, 0.717) is 18.1 Å². The maximum Gasteiger partial charge on any atom is 0.226 e. The summed E-state index contributed by atoms with van der Waals surface area (Å²) < 4.78 is 3.92. The van der Waals surface area contributed by atoms with Gasteiger partial charge in [0.1, 0.15) is 12.7 Å². The Labute approximate surface area is 215 Å². The van der Waals surface area contributed by atoms with Crippen LogP contribution < -0.4 is 10.6 Å². The molecule has 0 unspecified atom stereocenters. The number of benzene rings is 1. The standard InChI is InChI=1S/C26H28N8OS/c1-17-7-9-20(10-8-17)30-23(35)11-13-33-25(24(31-26(33)36)22-6-4-5-12-27-22)21-14-18(2)34(19(21)3)32-15-28-29-16-32/h4-10,12,14-16,24-25H,11,13H2,1-3H3,(H,30,35)(H,31,36)/t24-,25-/m1/s1. The molecule has 4 heterocycles. The molecule has 1 aliphatic heterocycles. The quantitative estimate of drug-likeness (QED) is 0.374. The Hall–Kier alpha value is -4.05. The van der Waals surface area contributed by atoms with Crippen LogP contribution in [0.3, 0.4) is 0 Å². The number of hydrogen-bond acceptors (Lipinski definition) is 5. The third-order valence-electron chi connectivity index (χ3n) is 6.50. The van der Waals surface area contributed by atoms with Crippen molar-refractivity contribution in [3.63, 3.8) is 0 Å². The van der Waals surface area contributed by atoms with Crippen molar-refractivity contribution in [3.8, 4) is 0 Å². The van der Waals surface area contributed by atoms with Gasteiger partial charge in [0, 0.05) is 41.8 Å².